The lowest BCUT2D eigenvalue weighted by Crippen LogP contribution is -2.43. The molecule has 3 nitrogen and oxygen atoms in total. The summed E-state index contributed by atoms with van der Waals surface area (Å²) >= 11 is 0. The number of benzene rings is 1. The summed E-state index contributed by atoms with van der Waals surface area (Å²) < 4.78 is 25.9. The number of rotatable bonds is 2. The average molecular weight is 267 g/mol. The monoisotopic (exact) mass is 267 g/mol. The lowest BCUT2D eigenvalue weighted by Gasteiger charge is -2.30. The Morgan fingerprint density at radius 1 is 1.32 bits per heavy atom. The summed E-state index contributed by atoms with van der Waals surface area (Å²) in [6.45, 7) is 3.73. The molecule has 2 rings (SSSR count). The number of hydrogen-bond acceptors (Lipinski definition) is 2. The van der Waals surface area contributed by atoms with Crippen molar-refractivity contribution < 1.29 is 18.4 Å². The van der Waals surface area contributed by atoms with Crippen LogP contribution in [-0.2, 0) is 16.0 Å². The SMILES string of the molecule is CC1(C)CC(=O)CN1C(=O)Cc1ccc(F)c(F)c1. The molecule has 0 unspecified atom stereocenters. The van der Waals surface area contributed by atoms with Gasteiger partial charge in [-0.15, -0.1) is 0 Å². The third kappa shape index (κ3) is 2.80. The van der Waals surface area contributed by atoms with E-state index >= 15 is 0 Å². The minimum Gasteiger partial charge on any atom is -0.330 e. The first-order valence-corrected chi connectivity index (χ1v) is 6.06. The molecule has 0 spiro atoms. The normalized spacial score (nSPS) is 17.9. The number of carbonyl (C=O) groups is 2. The van der Waals surface area contributed by atoms with Crippen molar-refractivity contribution in [3.8, 4) is 0 Å². The molecule has 1 fully saturated rings. The largest absolute Gasteiger partial charge is 0.330 e. The van der Waals surface area contributed by atoms with Gasteiger partial charge in [0.2, 0.25) is 5.91 Å². The van der Waals surface area contributed by atoms with Crippen molar-refractivity contribution in [3.63, 3.8) is 0 Å². The molecule has 1 aromatic rings. The molecule has 19 heavy (non-hydrogen) atoms. The van der Waals surface area contributed by atoms with E-state index in [1.165, 1.54) is 11.0 Å². The summed E-state index contributed by atoms with van der Waals surface area (Å²) in [7, 11) is 0. The molecule has 1 heterocycles. The molecule has 1 aromatic carbocycles. The van der Waals surface area contributed by atoms with E-state index in [9.17, 15) is 18.4 Å². The summed E-state index contributed by atoms with van der Waals surface area (Å²) in [4.78, 5) is 25.0. The fraction of sp³-hybridized carbons (Fsp3) is 0.429. The van der Waals surface area contributed by atoms with Crippen LogP contribution in [-0.4, -0.2) is 28.7 Å². The number of likely N-dealkylation sites (tertiary alicyclic amines) is 1. The second-order valence-electron chi connectivity index (χ2n) is 5.43. The maximum Gasteiger partial charge on any atom is 0.227 e. The molecular formula is C14H15F2NO2. The quantitative estimate of drug-likeness (QED) is 0.822. The van der Waals surface area contributed by atoms with E-state index in [-0.39, 0.29) is 24.7 Å². The summed E-state index contributed by atoms with van der Waals surface area (Å²) in [6.07, 6.45) is 0.296. The lowest BCUT2D eigenvalue weighted by molar-refractivity contribution is -0.134. The second kappa shape index (κ2) is 4.72. The number of amides is 1. The maximum absolute atomic E-state index is 13.1. The fourth-order valence-corrected chi connectivity index (χ4v) is 2.37. The van der Waals surface area contributed by atoms with E-state index < -0.39 is 17.2 Å². The Kier molecular flexibility index (Phi) is 3.39. The topological polar surface area (TPSA) is 37.4 Å². The first-order chi connectivity index (χ1) is 8.79. The van der Waals surface area contributed by atoms with Crippen LogP contribution in [0.2, 0.25) is 0 Å². The standard InChI is InChI=1S/C14H15F2NO2/c1-14(2)7-10(18)8-17(14)13(19)6-9-3-4-11(15)12(16)5-9/h3-5H,6-8H2,1-2H3. The number of nitrogens with zero attached hydrogens (tertiary/aromatic N) is 1. The Hall–Kier alpha value is -1.78. The number of Topliss-reactive ketones (excluding diaryl/α,β-unsaturated/α-hetero) is 1. The Morgan fingerprint density at radius 2 is 2.00 bits per heavy atom. The summed E-state index contributed by atoms with van der Waals surface area (Å²) in [6, 6.07) is 3.39. The zero-order valence-electron chi connectivity index (χ0n) is 10.9. The van der Waals surface area contributed by atoms with Gasteiger partial charge in [0, 0.05) is 12.0 Å². The smallest absolute Gasteiger partial charge is 0.227 e. The third-order valence-electron chi connectivity index (χ3n) is 3.34. The minimum absolute atomic E-state index is 0.0173. The van der Waals surface area contributed by atoms with E-state index in [4.69, 9.17) is 0 Å². The molecule has 0 N–H and O–H groups in total. The van der Waals surface area contributed by atoms with Gasteiger partial charge in [-0.25, -0.2) is 8.78 Å². The summed E-state index contributed by atoms with van der Waals surface area (Å²) in [5.74, 6) is -2.14. The van der Waals surface area contributed by atoms with Gasteiger partial charge in [0.15, 0.2) is 17.4 Å². The lowest BCUT2D eigenvalue weighted by atomic mass is 10.0. The Labute approximate surface area is 110 Å². The van der Waals surface area contributed by atoms with Crippen LogP contribution in [0.1, 0.15) is 25.8 Å². The van der Waals surface area contributed by atoms with Crippen LogP contribution in [0, 0.1) is 11.6 Å². The van der Waals surface area contributed by atoms with Gasteiger partial charge in [-0.3, -0.25) is 9.59 Å². The Bertz CT molecular complexity index is 540. The van der Waals surface area contributed by atoms with Crippen molar-refractivity contribution in [1.82, 2.24) is 4.90 Å². The van der Waals surface area contributed by atoms with Gasteiger partial charge in [-0.05, 0) is 31.5 Å². The first kappa shape index (κ1) is 13.6. The summed E-state index contributed by atoms with van der Waals surface area (Å²) in [5, 5.41) is 0. The van der Waals surface area contributed by atoms with Crippen LogP contribution in [0.3, 0.4) is 0 Å². The van der Waals surface area contributed by atoms with Crippen molar-refractivity contribution in [2.45, 2.75) is 32.2 Å². The molecule has 0 saturated carbocycles. The molecule has 5 heteroatoms. The molecule has 0 atom stereocenters. The van der Waals surface area contributed by atoms with E-state index in [0.717, 1.165) is 12.1 Å². The Morgan fingerprint density at radius 3 is 2.53 bits per heavy atom. The molecule has 1 aliphatic heterocycles. The van der Waals surface area contributed by atoms with E-state index in [1.807, 2.05) is 13.8 Å². The van der Waals surface area contributed by atoms with Crippen LogP contribution in [0.15, 0.2) is 18.2 Å². The highest BCUT2D eigenvalue weighted by atomic mass is 19.2. The van der Waals surface area contributed by atoms with Gasteiger partial charge >= 0.3 is 0 Å². The van der Waals surface area contributed by atoms with Crippen LogP contribution in [0.25, 0.3) is 0 Å². The highest BCUT2D eigenvalue weighted by Crippen LogP contribution is 2.26. The molecule has 1 amide bonds. The van der Waals surface area contributed by atoms with E-state index in [2.05, 4.69) is 0 Å². The van der Waals surface area contributed by atoms with Gasteiger partial charge in [0.25, 0.3) is 0 Å². The van der Waals surface area contributed by atoms with Crippen molar-refractivity contribution in [2.75, 3.05) is 6.54 Å². The maximum atomic E-state index is 13.1. The molecule has 0 radical (unpaired) electrons. The van der Waals surface area contributed by atoms with Crippen molar-refractivity contribution in [1.29, 1.82) is 0 Å². The van der Waals surface area contributed by atoms with Gasteiger partial charge in [-0.1, -0.05) is 6.07 Å². The molecular weight excluding hydrogens is 252 g/mol. The molecule has 0 aliphatic carbocycles. The molecule has 1 aliphatic rings. The summed E-state index contributed by atoms with van der Waals surface area (Å²) in [5.41, 5.74) is -0.105. The molecule has 102 valence electrons. The number of ketones is 1. The zero-order valence-corrected chi connectivity index (χ0v) is 10.9. The average Bonchev–Trinajstić information content (AvgIpc) is 2.57. The zero-order chi connectivity index (χ0) is 14.2. The molecule has 0 aromatic heterocycles. The van der Waals surface area contributed by atoms with Crippen LogP contribution >= 0.6 is 0 Å². The third-order valence-corrected chi connectivity index (χ3v) is 3.34. The van der Waals surface area contributed by atoms with E-state index in [1.54, 1.807) is 0 Å². The second-order valence-corrected chi connectivity index (χ2v) is 5.43. The number of hydrogen-bond donors (Lipinski definition) is 0. The number of carbonyl (C=O) groups excluding carboxylic acids is 2. The number of halogens is 2. The van der Waals surface area contributed by atoms with Gasteiger partial charge < -0.3 is 4.90 Å². The predicted molar refractivity (Wildman–Crippen MR) is 65.5 cm³/mol. The van der Waals surface area contributed by atoms with Gasteiger partial charge in [-0.2, -0.15) is 0 Å². The highest BCUT2D eigenvalue weighted by Gasteiger charge is 2.39. The molecule has 0 bridgehead atoms. The van der Waals surface area contributed by atoms with Crippen molar-refractivity contribution in [2.24, 2.45) is 0 Å². The van der Waals surface area contributed by atoms with Crippen molar-refractivity contribution in [3.05, 3.63) is 35.4 Å². The van der Waals surface area contributed by atoms with Gasteiger partial charge in [0.05, 0.1) is 13.0 Å². The van der Waals surface area contributed by atoms with Gasteiger partial charge in [0.1, 0.15) is 0 Å². The van der Waals surface area contributed by atoms with E-state index in [0.29, 0.717) is 12.0 Å². The minimum atomic E-state index is -0.970. The van der Waals surface area contributed by atoms with Crippen LogP contribution in [0.5, 0.6) is 0 Å². The first-order valence-electron chi connectivity index (χ1n) is 6.06. The highest BCUT2D eigenvalue weighted by molar-refractivity contribution is 5.91. The van der Waals surface area contributed by atoms with Crippen LogP contribution < -0.4 is 0 Å². The van der Waals surface area contributed by atoms with Crippen LogP contribution in [0.4, 0.5) is 8.78 Å². The fourth-order valence-electron chi connectivity index (χ4n) is 2.37. The molecule has 1 saturated heterocycles. The Balaban J connectivity index is 2.13. The van der Waals surface area contributed by atoms with Crippen molar-refractivity contribution >= 4 is 11.7 Å². The predicted octanol–water partition coefficient (Wildman–Crippen LogP) is 2.09.